The van der Waals surface area contributed by atoms with Crippen molar-refractivity contribution in [3.8, 4) is 11.5 Å². The van der Waals surface area contributed by atoms with Crippen LogP contribution in [0.25, 0.3) is 0 Å². The van der Waals surface area contributed by atoms with Crippen LogP contribution < -0.4 is 25.6 Å². The fourth-order valence-electron chi connectivity index (χ4n) is 3.63. The highest BCUT2D eigenvalue weighted by atomic mass is 16.5. The normalized spacial score (nSPS) is 19.0. The molecule has 2 aromatic rings. The number of benzene rings is 2. The van der Waals surface area contributed by atoms with E-state index in [1.807, 2.05) is 32.0 Å². The van der Waals surface area contributed by atoms with Gasteiger partial charge >= 0.3 is 0 Å². The number of carbonyl (C=O) groups excluding carboxylic acids is 1. The maximum absolute atomic E-state index is 12.8. The molecule has 0 saturated carbocycles. The molecule has 0 spiro atoms. The van der Waals surface area contributed by atoms with Gasteiger partial charge in [-0.2, -0.15) is 0 Å². The SMILES string of the molecule is COc1ccc(C2CC(C(=O)Nc3c(C)cc(C)cc3C)NN2)c(OC)c1. The van der Waals surface area contributed by atoms with Crippen LogP contribution in [-0.2, 0) is 4.79 Å². The molecule has 6 heteroatoms. The molecule has 1 aliphatic heterocycles. The van der Waals surface area contributed by atoms with Crippen molar-refractivity contribution in [3.05, 3.63) is 52.6 Å². The molecule has 0 aliphatic carbocycles. The Hall–Kier alpha value is -2.57. The molecular formula is C21H27N3O3. The summed E-state index contributed by atoms with van der Waals surface area (Å²) in [5.41, 5.74) is 11.5. The minimum atomic E-state index is -0.332. The van der Waals surface area contributed by atoms with Crippen molar-refractivity contribution in [2.75, 3.05) is 19.5 Å². The van der Waals surface area contributed by atoms with Crippen molar-refractivity contribution >= 4 is 11.6 Å². The van der Waals surface area contributed by atoms with E-state index in [1.54, 1.807) is 14.2 Å². The summed E-state index contributed by atoms with van der Waals surface area (Å²) in [6.45, 7) is 6.09. The lowest BCUT2D eigenvalue weighted by atomic mass is 10.00. The molecule has 0 aromatic heterocycles. The van der Waals surface area contributed by atoms with Crippen LogP contribution in [-0.4, -0.2) is 26.2 Å². The average Bonchev–Trinajstić information content (AvgIpc) is 3.14. The highest BCUT2D eigenvalue weighted by molar-refractivity contribution is 5.96. The van der Waals surface area contributed by atoms with Crippen molar-refractivity contribution in [1.29, 1.82) is 0 Å². The first-order valence-electron chi connectivity index (χ1n) is 9.04. The standard InChI is InChI=1S/C21H27N3O3/c1-12-8-13(2)20(14(3)9-12)22-21(25)18-11-17(23-24-18)16-7-6-15(26-4)10-19(16)27-5/h6-10,17-18,23-24H,11H2,1-5H3,(H,22,25). The van der Waals surface area contributed by atoms with E-state index in [0.29, 0.717) is 6.42 Å². The molecule has 1 fully saturated rings. The number of nitrogens with one attached hydrogen (secondary N) is 3. The van der Waals surface area contributed by atoms with E-state index in [0.717, 1.165) is 33.9 Å². The quantitative estimate of drug-likeness (QED) is 0.755. The largest absolute Gasteiger partial charge is 0.497 e. The number of amides is 1. The Morgan fingerprint density at radius 3 is 2.37 bits per heavy atom. The third-order valence-corrected chi connectivity index (χ3v) is 4.96. The van der Waals surface area contributed by atoms with Gasteiger partial charge in [0.05, 0.1) is 20.3 Å². The number of hydrogen-bond donors (Lipinski definition) is 3. The zero-order valence-corrected chi connectivity index (χ0v) is 16.5. The van der Waals surface area contributed by atoms with E-state index < -0.39 is 0 Å². The molecule has 1 heterocycles. The molecule has 6 nitrogen and oxygen atoms in total. The molecule has 1 aliphatic rings. The summed E-state index contributed by atoms with van der Waals surface area (Å²) < 4.78 is 10.7. The van der Waals surface area contributed by atoms with Crippen molar-refractivity contribution in [1.82, 2.24) is 10.9 Å². The first-order valence-corrected chi connectivity index (χ1v) is 9.04. The van der Waals surface area contributed by atoms with Crippen LogP contribution in [0.3, 0.4) is 0 Å². The summed E-state index contributed by atoms with van der Waals surface area (Å²) in [5.74, 6) is 1.42. The van der Waals surface area contributed by atoms with Gasteiger partial charge in [0, 0.05) is 17.3 Å². The Bertz CT molecular complexity index is 828. The molecule has 1 saturated heterocycles. The van der Waals surface area contributed by atoms with Gasteiger partial charge in [-0.15, -0.1) is 0 Å². The Morgan fingerprint density at radius 2 is 1.74 bits per heavy atom. The second-order valence-electron chi connectivity index (χ2n) is 7.00. The first-order chi connectivity index (χ1) is 12.9. The van der Waals surface area contributed by atoms with E-state index in [-0.39, 0.29) is 18.0 Å². The average molecular weight is 369 g/mol. The van der Waals surface area contributed by atoms with Crippen LogP contribution in [0.1, 0.15) is 34.7 Å². The van der Waals surface area contributed by atoms with Crippen LogP contribution in [0.2, 0.25) is 0 Å². The number of ether oxygens (including phenoxy) is 2. The van der Waals surface area contributed by atoms with Gasteiger partial charge in [-0.25, -0.2) is 10.9 Å². The number of aryl methyl sites for hydroxylation is 3. The minimum absolute atomic E-state index is 0.0261. The highest BCUT2D eigenvalue weighted by Crippen LogP contribution is 2.33. The molecule has 144 valence electrons. The van der Waals surface area contributed by atoms with E-state index in [4.69, 9.17) is 9.47 Å². The Labute approximate surface area is 160 Å². The minimum Gasteiger partial charge on any atom is -0.497 e. The van der Waals surface area contributed by atoms with Gasteiger partial charge in [0.2, 0.25) is 5.91 Å². The van der Waals surface area contributed by atoms with E-state index in [2.05, 4.69) is 35.2 Å². The lowest BCUT2D eigenvalue weighted by molar-refractivity contribution is -0.117. The van der Waals surface area contributed by atoms with Gasteiger partial charge in [0.1, 0.15) is 17.5 Å². The Balaban J connectivity index is 1.72. The summed E-state index contributed by atoms with van der Waals surface area (Å²) in [6.07, 6.45) is 0.623. The topological polar surface area (TPSA) is 71.6 Å². The maximum atomic E-state index is 12.8. The summed E-state index contributed by atoms with van der Waals surface area (Å²) in [6, 6.07) is 9.51. The van der Waals surface area contributed by atoms with Gasteiger partial charge in [-0.05, 0) is 44.4 Å². The van der Waals surface area contributed by atoms with Gasteiger partial charge in [-0.1, -0.05) is 23.8 Å². The number of hydrogen-bond acceptors (Lipinski definition) is 5. The number of methoxy groups -OCH3 is 2. The maximum Gasteiger partial charge on any atom is 0.242 e. The van der Waals surface area contributed by atoms with Crippen molar-refractivity contribution in [3.63, 3.8) is 0 Å². The van der Waals surface area contributed by atoms with Crippen LogP contribution in [0, 0.1) is 20.8 Å². The van der Waals surface area contributed by atoms with E-state index in [9.17, 15) is 4.79 Å². The number of rotatable bonds is 5. The fourth-order valence-corrected chi connectivity index (χ4v) is 3.63. The van der Waals surface area contributed by atoms with Gasteiger partial charge in [0.25, 0.3) is 0 Å². The zero-order chi connectivity index (χ0) is 19.6. The molecule has 1 amide bonds. The van der Waals surface area contributed by atoms with Crippen molar-refractivity contribution in [2.45, 2.75) is 39.3 Å². The third kappa shape index (κ3) is 4.07. The predicted octanol–water partition coefficient (Wildman–Crippen LogP) is 3.18. The summed E-state index contributed by atoms with van der Waals surface area (Å²) >= 11 is 0. The lowest BCUT2D eigenvalue weighted by Crippen LogP contribution is -2.39. The molecule has 2 aromatic carbocycles. The van der Waals surface area contributed by atoms with Crippen LogP contribution in [0.5, 0.6) is 11.5 Å². The molecule has 27 heavy (non-hydrogen) atoms. The van der Waals surface area contributed by atoms with Gasteiger partial charge in [0.15, 0.2) is 0 Å². The summed E-state index contributed by atoms with van der Waals surface area (Å²) in [7, 11) is 3.26. The van der Waals surface area contributed by atoms with Gasteiger partial charge < -0.3 is 14.8 Å². The van der Waals surface area contributed by atoms with Crippen molar-refractivity contribution < 1.29 is 14.3 Å². The number of hydrazine groups is 1. The van der Waals surface area contributed by atoms with Crippen LogP contribution in [0.4, 0.5) is 5.69 Å². The molecule has 0 bridgehead atoms. The predicted molar refractivity (Wildman–Crippen MR) is 106 cm³/mol. The molecule has 3 N–H and O–H groups in total. The second-order valence-corrected chi connectivity index (χ2v) is 7.00. The third-order valence-electron chi connectivity index (χ3n) is 4.96. The molecule has 3 rings (SSSR count). The van der Waals surface area contributed by atoms with Crippen LogP contribution >= 0.6 is 0 Å². The van der Waals surface area contributed by atoms with E-state index >= 15 is 0 Å². The van der Waals surface area contributed by atoms with E-state index in [1.165, 1.54) is 5.56 Å². The Morgan fingerprint density at radius 1 is 1.04 bits per heavy atom. The molecule has 2 unspecified atom stereocenters. The van der Waals surface area contributed by atoms with Crippen molar-refractivity contribution in [2.24, 2.45) is 0 Å². The Kier molecular flexibility index (Phi) is 5.68. The number of carbonyl (C=O) groups is 1. The molecule has 2 atom stereocenters. The first kappa shape index (κ1) is 19.2. The number of anilines is 1. The summed E-state index contributed by atoms with van der Waals surface area (Å²) in [5, 5.41) is 3.07. The smallest absolute Gasteiger partial charge is 0.242 e. The summed E-state index contributed by atoms with van der Waals surface area (Å²) in [4.78, 5) is 12.8. The molecule has 0 radical (unpaired) electrons. The van der Waals surface area contributed by atoms with Gasteiger partial charge in [-0.3, -0.25) is 4.79 Å². The fraction of sp³-hybridized carbons (Fsp3) is 0.381. The zero-order valence-electron chi connectivity index (χ0n) is 16.5. The highest BCUT2D eigenvalue weighted by Gasteiger charge is 2.32. The van der Waals surface area contributed by atoms with Crippen LogP contribution in [0.15, 0.2) is 30.3 Å². The lowest BCUT2D eigenvalue weighted by Gasteiger charge is -2.16. The molecular weight excluding hydrogens is 342 g/mol. The second kappa shape index (κ2) is 7.98. The monoisotopic (exact) mass is 369 g/mol.